The van der Waals surface area contributed by atoms with Crippen LogP contribution in [0.2, 0.25) is 0 Å². The average molecular weight is 248 g/mol. The third-order valence-corrected chi connectivity index (χ3v) is 3.41. The first-order valence-corrected chi connectivity index (χ1v) is 6.38. The van der Waals surface area contributed by atoms with E-state index in [2.05, 4.69) is 11.4 Å². The van der Waals surface area contributed by atoms with Gasteiger partial charge in [-0.25, -0.2) is 0 Å². The van der Waals surface area contributed by atoms with Crippen LogP contribution in [0.5, 0.6) is 5.75 Å². The molecular weight excluding hydrogens is 228 g/mol. The number of nitrogens with one attached hydrogen (secondary N) is 1. The molecule has 1 aromatic carbocycles. The Morgan fingerprint density at radius 2 is 2.33 bits per heavy atom. The number of carbonyl (C=O) groups excluding carboxylic acids is 1. The van der Waals surface area contributed by atoms with E-state index in [1.54, 1.807) is 14.0 Å². The quantitative estimate of drug-likeness (QED) is 0.852. The number of rotatable bonds is 3. The van der Waals surface area contributed by atoms with E-state index < -0.39 is 6.10 Å². The van der Waals surface area contributed by atoms with Gasteiger partial charge >= 0.3 is 0 Å². The van der Waals surface area contributed by atoms with E-state index in [1.165, 1.54) is 5.56 Å². The van der Waals surface area contributed by atoms with Crippen LogP contribution in [-0.4, -0.2) is 19.1 Å². The van der Waals surface area contributed by atoms with Crippen molar-refractivity contribution >= 4 is 5.91 Å². The Bertz CT molecular complexity index is 445. The lowest BCUT2D eigenvalue weighted by Crippen LogP contribution is -2.33. The summed E-state index contributed by atoms with van der Waals surface area (Å²) in [5.41, 5.74) is 8.55. The van der Waals surface area contributed by atoms with Gasteiger partial charge in [0.1, 0.15) is 5.75 Å². The van der Waals surface area contributed by atoms with Gasteiger partial charge in [-0.2, -0.15) is 0 Å². The van der Waals surface area contributed by atoms with Crippen molar-refractivity contribution in [3.05, 3.63) is 29.3 Å². The summed E-state index contributed by atoms with van der Waals surface area (Å²) >= 11 is 0. The molecule has 4 nitrogen and oxygen atoms in total. The van der Waals surface area contributed by atoms with Crippen LogP contribution in [0.15, 0.2) is 18.2 Å². The smallest absolute Gasteiger partial charge is 0.260 e. The minimum absolute atomic E-state index is 0.0904. The largest absolute Gasteiger partial charge is 0.481 e. The molecule has 0 aromatic heterocycles. The van der Waals surface area contributed by atoms with Gasteiger partial charge in [0, 0.05) is 13.1 Å². The monoisotopic (exact) mass is 248 g/mol. The van der Waals surface area contributed by atoms with Crippen molar-refractivity contribution < 1.29 is 9.53 Å². The highest BCUT2D eigenvalue weighted by atomic mass is 16.5. The minimum atomic E-state index is -0.493. The summed E-state index contributed by atoms with van der Waals surface area (Å²) in [7, 11) is 1.60. The summed E-state index contributed by atoms with van der Waals surface area (Å²) in [6, 6.07) is 6.03. The number of benzene rings is 1. The van der Waals surface area contributed by atoms with Gasteiger partial charge in [0.15, 0.2) is 6.10 Å². The molecule has 18 heavy (non-hydrogen) atoms. The Hall–Kier alpha value is -1.55. The molecule has 1 amide bonds. The zero-order valence-corrected chi connectivity index (χ0v) is 10.9. The van der Waals surface area contributed by atoms with E-state index in [9.17, 15) is 4.79 Å². The fraction of sp³-hybridized carbons (Fsp3) is 0.500. The SMILES string of the molecule is CNC(=O)C(C)Oc1ccc2c(c1)[C@H](N)CCC2. The Balaban J connectivity index is 2.15. The van der Waals surface area contributed by atoms with Gasteiger partial charge in [-0.15, -0.1) is 0 Å². The van der Waals surface area contributed by atoms with Crippen molar-refractivity contribution in [2.24, 2.45) is 5.73 Å². The maximum Gasteiger partial charge on any atom is 0.260 e. The molecule has 1 aliphatic carbocycles. The summed E-state index contributed by atoms with van der Waals surface area (Å²) in [4.78, 5) is 11.4. The van der Waals surface area contributed by atoms with Gasteiger partial charge in [0.05, 0.1) is 0 Å². The molecule has 0 spiro atoms. The second-order valence-electron chi connectivity index (χ2n) is 4.73. The van der Waals surface area contributed by atoms with E-state index in [0.29, 0.717) is 5.75 Å². The van der Waals surface area contributed by atoms with Crippen LogP contribution in [0, 0.1) is 0 Å². The normalized spacial score (nSPS) is 19.8. The molecule has 98 valence electrons. The van der Waals surface area contributed by atoms with Crippen LogP contribution in [0.1, 0.15) is 36.9 Å². The van der Waals surface area contributed by atoms with E-state index in [4.69, 9.17) is 10.5 Å². The van der Waals surface area contributed by atoms with Crippen LogP contribution in [-0.2, 0) is 11.2 Å². The van der Waals surface area contributed by atoms with Gasteiger partial charge in [-0.3, -0.25) is 4.79 Å². The molecule has 0 radical (unpaired) electrons. The number of ether oxygens (including phenoxy) is 1. The topological polar surface area (TPSA) is 64.3 Å². The molecule has 4 heteroatoms. The minimum Gasteiger partial charge on any atom is -0.481 e. The van der Waals surface area contributed by atoms with Crippen LogP contribution in [0.3, 0.4) is 0 Å². The lowest BCUT2D eigenvalue weighted by Gasteiger charge is -2.23. The predicted molar refractivity (Wildman–Crippen MR) is 70.5 cm³/mol. The number of amides is 1. The number of nitrogens with two attached hydrogens (primary N) is 1. The molecule has 2 atom stereocenters. The number of fused-ring (bicyclic) bond motifs is 1. The van der Waals surface area contributed by atoms with Crippen molar-refractivity contribution in [2.75, 3.05) is 7.05 Å². The van der Waals surface area contributed by atoms with E-state index in [-0.39, 0.29) is 11.9 Å². The van der Waals surface area contributed by atoms with Crippen molar-refractivity contribution in [3.8, 4) is 5.75 Å². The number of aryl methyl sites for hydroxylation is 1. The summed E-state index contributed by atoms with van der Waals surface area (Å²) in [5, 5.41) is 2.57. The number of carbonyl (C=O) groups is 1. The molecule has 0 saturated heterocycles. The molecular formula is C14H20N2O2. The van der Waals surface area contributed by atoms with Gasteiger partial charge in [-0.1, -0.05) is 6.07 Å². The molecule has 2 rings (SSSR count). The lowest BCUT2D eigenvalue weighted by atomic mass is 9.88. The highest BCUT2D eigenvalue weighted by molar-refractivity contribution is 5.80. The van der Waals surface area contributed by atoms with Crippen LogP contribution in [0.4, 0.5) is 0 Å². The molecule has 0 bridgehead atoms. The average Bonchev–Trinajstić information content (AvgIpc) is 2.38. The second-order valence-corrected chi connectivity index (χ2v) is 4.73. The van der Waals surface area contributed by atoms with Crippen LogP contribution >= 0.6 is 0 Å². The van der Waals surface area contributed by atoms with Gasteiger partial charge in [0.2, 0.25) is 0 Å². The first kappa shape index (κ1) is 12.9. The maximum atomic E-state index is 11.4. The summed E-state index contributed by atoms with van der Waals surface area (Å²) in [5.74, 6) is 0.583. The third kappa shape index (κ3) is 2.64. The highest BCUT2D eigenvalue weighted by Gasteiger charge is 2.19. The van der Waals surface area contributed by atoms with Gasteiger partial charge in [0.25, 0.3) is 5.91 Å². The Morgan fingerprint density at radius 1 is 1.56 bits per heavy atom. The molecule has 3 N–H and O–H groups in total. The molecule has 0 fully saturated rings. The van der Waals surface area contributed by atoms with E-state index in [0.717, 1.165) is 24.8 Å². The van der Waals surface area contributed by atoms with E-state index >= 15 is 0 Å². The van der Waals surface area contributed by atoms with Crippen molar-refractivity contribution in [1.82, 2.24) is 5.32 Å². The van der Waals surface area contributed by atoms with Crippen LogP contribution < -0.4 is 15.8 Å². The predicted octanol–water partition coefficient (Wildman–Crippen LogP) is 1.54. The number of hydrogen-bond donors (Lipinski definition) is 2. The molecule has 0 aliphatic heterocycles. The first-order chi connectivity index (χ1) is 8.61. The Kier molecular flexibility index (Phi) is 3.87. The second kappa shape index (κ2) is 5.40. The fourth-order valence-corrected chi connectivity index (χ4v) is 2.35. The number of hydrogen-bond acceptors (Lipinski definition) is 3. The highest BCUT2D eigenvalue weighted by Crippen LogP contribution is 2.31. The molecule has 0 saturated carbocycles. The van der Waals surface area contributed by atoms with Crippen molar-refractivity contribution in [3.63, 3.8) is 0 Å². The Morgan fingerprint density at radius 3 is 3.06 bits per heavy atom. The zero-order valence-electron chi connectivity index (χ0n) is 10.9. The summed E-state index contributed by atoms with van der Waals surface area (Å²) in [6.45, 7) is 1.73. The maximum absolute atomic E-state index is 11.4. The first-order valence-electron chi connectivity index (χ1n) is 6.38. The molecule has 1 unspecified atom stereocenters. The van der Waals surface area contributed by atoms with Crippen molar-refractivity contribution in [1.29, 1.82) is 0 Å². The molecule has 1 aliphatic rings. The lowest BCUT2D eigenvalue weighted by molar-refractivity contribution is -0.126. The third-order valence-electron chi connectivity index (χ3n) is 3.41. The fourth-order valence-electron chi connectivity index (χ4n) is 2.35. The standard InChI is InChI=1S/C14H20N2O2/c1-9(14(17)16-2)18-11-7-6-10-4-3-5-13(15)12(10)8-11/h6-9,13H,3-5,15H2,1-2H3,(H,16,17)/t9?,13-/m1/s1. The van der Waals surface area contributed by atoms with Crippen LogP contribution in [0.25, 0.3) is 0 Å². The Labute approximate surface area is 108 Å². The zero-order chi connectivity index (χ0) is 13.1. The summed E-state index contributed by atoms with van der Waals surface area (Å²) in [6.07, 6.45) is 2.74. The van der Waals surface area contributed by atoms with Crippen molar-refractivity contribution in [2.45, 2.75) is 38.3 Å². The van der Waals surface area contributed by atoms with E-state index in [1.807, 2.05) is 12.1 Å². The summed E-state index contributed by atoms with van der Waals surface area (Å²) < 4.78 is 5.61. The molecule has 0 heterocycles. The van der Waals surface area contributed by atoms with Gasteiger partial charge in [-0.05, 0) is 49.4 Å². The number of likely N-dealkylation sites (N-methyl/N-ethyl adjacent to an activating group) is 1. The van der Waals surface area contributed by atoms with Gasteiger partial charge < -0.3 is 15.8 Å². The molecule has 1 aromatic rings.